The SMILES string of the molecule is Cc1ccc(S(=O)(=O)N2C[C@@H](O)C[C@@H]2C(=O)OCC(=O)N[C@@H]2CCC[C@@H](C)[C@@H]2C)cc1. The van der Waals surface area contributed by atoms with Crippen molar-refractivity contribution in [3.63, 3.8) is 0 Å². The maximum absolute atomic E-state index is 13.0. The van der Waals surface area contributed by atoms with Crippen molar-refractivity contribution in [2.75, 3.05) is 13.2 Å². The van der Waals surface area contributed by atoms with Gasteiger partial charge in [0.1, 0.15) is 6.04 Å². The molecule has 2 N–H and O–H groups in total. The van der Waals surface area contributed by atoms with Gasteiger partial charge in [-0.3, -0.25) is 9.59 Å². The minimum Gasteiger partial charge on any atom is -0.454 e. The van der Waals surface area contributed by atoms with E-state index in [-0.39, 0.29) is 23.9 Å². The summed E-state index contributed by atoms with van der Waals surface area (Å²) >= 11 is 0. The second-order valence-electron chi connectivity index (χ2n) is 8.84. The summed E-state index contributed by atoms with van der Waals surface area (Å²) in [6, 6.07) is 5.16. The maximum atomic E-state index is 13.0. The molecule has 1 amide bonds. The van der Waals surface area contributed by atoms with Gasteiger partial charge in [0.05, 0.1) is 11.0 Å². The van der Waals surface area contributed by atoms with Gasteiger partial charge in [-0.1, -0.05) is 44.4 Å². The molecule has 1 heterocycles. The lowest BCUT2D eigenvalue weighted by atomic mass is 9.78. The van der Waals surface area contributed by atoms with Crippen LogP contribution in [0.4, 0.5) is 0 Å². The van der Waals surface area contributed by atoms with E-state index < -0.39 is 40.7 Å². The van der Waals surface area contributed by atoms with E-state index in [4.69, 9.17) is 4.74 Å². The molecule has 0 bridgehead atoms. The van der Waals surface area contributed by atoms with Crippen LogP contribution >= 0.6 is 0 Å². The Balaban J connectivity index is 1.62. The van der Waals surface area contributed by atoms with Crippen molar-refractivity contribution in [1.29, 1.82) is 0 Å². The normalized spacial score (nSPS) is 29.5. The highest BCUT2D eigenvalue weighted by Gasteiger charge is 2.44. The molecule has 0 radical (unpaired) electrons. The number of nitrogens with zero attached hydrogens (tertiary/aromatic N) is 1. The molecule has 31 heavy (non-hydrogen) atoms. The molecule has 0 spiro atoms. The molecule has 9 heteroatoms. The number of β-amino-alcohol motifs (C(OH)–C–C–N with tert-alkyl or cyclic N) is 1. The summed E-state index contributed by atoms with van der Waals surface area (Å²) in [6.45, 7) is 5.45. The number of rotatable bonds is 6. The maximum Gasteiger partial charge on any atom is 0.325 e. The highest BCUT2D eigenvalue weighted by molar-refractivity contribution is 7.89. The predicted octanol–water partition coefficient (Wildman–Crippen LogP) is 1.60. The molecule has 1 saturated carbocycles. The van der Waals surface area contributed by atoms with Crippen LogP contribution in [-0.4, -0.2) is 61.0 Å². The molecule has 1 saturated heterocycles. The Hall–Kier alpha value is -1.97. The summed E-state index contributed by atoms with van der Waals surface area (Å²) < 4.78 is 32.1. The standard InChI is InChI=1S/C22H32N2O6S/c1-14-7-9-18(10-8-14)31(28,29)24-12-17(25)11-20(24)22(27)30-13-21(26)23-19-6-4-5-15(2)16(19)3/h7-10,15-17,19-20,25H,4-6,11-13H2,1-3H3,(H,23,26)/t15-,16+,17+,19-,20-/m1/s1. The summed E-state index contributed by atoms with van der Waals surface area (Å²) in [4.78, 5) is 25.0. The monoisotopic (exact) mass is 452 g/mol. The minimum atomic E-state index is -3.99. The molecule has 0 aromatic heterocycles. The van der Waals surface area contributed by atoms with Crippen molar-refractivity contribution >= 4 is 21.9 Å². The van der Waals surface area contributed by atoms with Crippen LogP contribution in [0, 0.1) is 18.8 Å². The van der Waals surface area contributed by atoms with Crippen LogP contribution < -0.4 is 5.32 Å². The first-order valence-corrected chi connectivity index (χ1v) is 12.3. The van der Waals surface area contributed by atoms with Crippen LogP contribution in [0.15, 0.2) is 29.2 Å². The molecule has 8 nitrogen and oxygen atoms in total. The van der Waals surface area contributed by atoms with E-state index in [9.17, 15) is 23.1 Å². The Kier molecular flexibility index (Phi) is 7.39. The van der Waals surface area contributed by atoms with E-state index in [1.165, 1.54) is 12.1 Å². The van der Waals surface area contributed by atoms with Gasteiger partial charge in [0.25, 0.3) is 5.91 Å². The number of esters is 1. The van der Waals surface area contributed by atoms with E-state index in [2.05, 4.69) is 19.2 Å². The topological polar surface area (TPSA) is 113 Å². The van der Waals surface area contributed by atoms with Crippen LogP contribution in [0.25, 0.3) is 0 Å². The van der Waals surface area contributed by atoms with Crippen molar-refractivity contribution in [2.24, 2.45) is 11.8 Å². The Morgan fingerprint density at radius 2 is 1.87 bits per heavy atom. The van der Waals surface area contributed by atoms with Gasteiger partial charge in [-0.2, -0.15) is 4.31 Å². The van der Waals surface area contributed by atoms with Crippen molar-refractivity contribution in [3.05, 3.63) is 29.8 Å². The van der Waals surface area contributed by atoms with E-state index in [1.807, 2.05) is 6.92 Å². The third-order valence-electron chi connectivity index (χ3n) is 6.53. The number of aryl methyl sites for hydroxylation is 1. The fourth-order valence-corrected chi connectivity index (χ4v) is 6.00. The van der Waals surface area contributed by atoms with Crippen LogP contribution in [0.1, 0.15) is 45.1 Å². The molecule has 3 rings (SSSR count). The summed E-state index contributed by atoms with van der Waals surface area (Å²) in [5.41, 5.74) is 0.907. The van der Waals surface area contributed by atoms with Crippen molar-refractivity contribution in [2.45, 2.75) is 69.5 Å². The quantitative estimate of drug-likeness (QED) is 0.634. The average molecular weight is 453 g/mol. The van der Waals surface area contributed by atoms with Gasteiger partial charge in [-0.25, -0.2) is 8.42 Å². The Morgan fingerprint density at radius 1 is 1.19 bits per heavy atom. The summed E-state index contributed by atoms with van der Waals surface area (Å²) in [5, 5.41) is 13.0. The third-order valence-corrected chi connectivity index (χ3v) is 8.42. The van der Waals surface area contributed by atoms with Gasteiger partial charge < -0.3 is 15.2 Å². The van der Waals surface area contributed by atoms with Gasteiger partial charge >= 0.3 is 5.97 Å². The van der Waals surface area contributed by atoms with Crippen molar-refractivity contribution < 1.29 is 27.9 Å². The highest BCUT2D eigenvalue weighted by atomic mass is 32.2. The summed E-state index contributed by atoms with van der Waals surface area (Å²) in [6.07, 6.45) is 2.03. The fourth-order valence-electron chi connectivity index (χ4n) is 4.38. The summed E-state index contributed by atoms with van der Waals surface area (Å²) in [5.74, 6) is -0.367. The largest absolute Gasteiger partial charge is 0.454 e. The molecule has 2 aliphatic rings. The predicted molar refractivity (Wildman–Crippen MR) is 115 cm³/mol. The first-order valence-electron chi connectivity index (χ1n) is 10.8. The van der Waals surface area contributed by atoms with Gasteiger partial charge in [0.2, 0.25) is 10.0 Å². The molecule has 0 unspecified atom stereocenters. The number of aliphatic hydroxyl groups is 1. The van der Waals surface area contributed by atoms with E-state index in [0.717, 1.165) is 29.1 Å². The lowest BCUT2D eigenvalue weighted by molar-refractivity contribution is -0.152. The first-order chi connectivity index (χ1) is 14.6. The highest BCUT2D eigenvalue weighted by Crippen LogP contribution is 2.30. The molecule has 172 valence electrons. The number of hydrogen-bond acceptors (Lipinski definition) is 6. The number of benzene rings is 1. The van der Waals surface area contributed by atoms with Crippen LogP contribution in [-0.2, 0) is 24.3 Å². The van der Waals surface area contributed by atoms with Crippen LogP contribution in [0.5, 0.6) is 0 Å². The van der Waals surface area contributed by atoms with Gasteiger partial charge in [0.15, 0.2) is 6.61 Å². The lowest BCUT2D eigenvalue weighted by Crippen LogP contribution is -2.46. The average Bonchev–Trinajstić information content (AvgIpc) is 3.13. The first kappa shape index (κ1) is 23.7. The number of carbonyl (C=O) groups is 2. The Morgan fingerprint density at radius 3 is 2.55 bits per heavy atom. The van der Waals surface area contributed by atoms with Crippen molar-refractivity contribution in [3.8, 4) is 0 Å². The molecule has 1 aromatic carbocycles. The number of hydrogen-bond donors (Lipinski definition) is 2. The van der Waals surface area contributed by atoms with E-state index in [0.29, 0.717) is 11.8 Å². The Bertz CT molecular complexity index is 901. The molecule has 2 fully saturated rings. The molecule has 1 aliphatic carbocycles. The van der Waals surface area contributed by atoms with Gasteiger partial charge in [-0.15, -0.1) is 0 Å². The fraction of sp³-hybridized carbons (Fsp3) is 0.636. The number of nitrogens with one attached hydrogen (secondary N) is 1. The summed E-state index contributed by atoms with van der Waals surface area (Å²) in [7, 11) is -3.99. The van der Waals surface area contributed by atoms with E-state index in [1.54, 1.807) is 12.1 Å². The van der Waals surface area contributed by atoms with Crippen LogP contribution in [0.2, 0.25) is 0 Å². The zero-order chi connectivity index (χ0) is 22.8. The number of ether oxygens (including phenoxy) is 1. The van der Waals surface area contributed by atoms with E-state index >= 15 is 0 Å². The van der Waals surface area contributed by atoms with Crippen LogP contribution in [0.3, 0.4) is 0 Å². The molecule has 1 aliphatic heterocycles. The number of sulfonamides is 1. The zero-order valence-electron chi connectivity index (χ0n) is 18.3. The molecule has 5 atom stereocenters. The molecular formula is C22H32N2O6S. The van der Waals surface area contributed by atoms with Crippen molar-refractivity contribution in [1.82, 2.24) is 9.62 Å². The molecule has 1 aromatic rings. The smallest absolute Gasteiger partial charge is 0.325 e. The second-order valence-corrected chi connectivity index (χ2v) is 10.7. The lowest BCUT2D eigenvalue weighted by Gasteiger charge is -2.34. The zero-order valence-corrected chi connectivity index (χ0v) is 19.1. The third kappa shape index (κ3) is 5.45. The number of amides is 1. The number of aliphatic hydroxyl groups excluding tert-OH is 1. The van der Waals surface area contributed by atoms with Gasteiger partial charge in [-0.05, 0) is 37.3 Å². The number of carbonyl (C=O) groups excluding carboxylic acids is 2. The molecular weight excluding hydrogens is 420 g/mol. The second kappa shape index (κ2) is 9.67. The minimum absolute atomic E-state index is 0.0432. The Labute approximate surface area is 184 Å². The van der Waals surface area contributed by atoms with Gasteiger partial charge in [0, 0.05) is 19.0 Å².